The minimum Gasteiger partial charge on any atom is -0.482 e. The topological polar surface area (TPSA) is 71.5 Å². The summed E-state index contributed by atoms with van der Waals surface area (Å²) in [4.78, 5) is 16.2. The maximum absolute atomic E-state index is 10.7. The fourth-order valence-electron chi connectivity index (χ4n) is 2.40. The van der Waals surface area contributed by atoms with Crippen molar-refractivity contribution in [3.8, 4) is 5.75 Å². The van der Waals surface area contributed by atoms with Gasteiger partial charge in [0.25, 0.3) is 0 Å². The third kappa shape index (κ3) is 3.02. The Labute approximate surface area is 130 Å². The van der Waals surface area contributed by atoms with E-state index in [1.807, 2.05) is 11.6 Å². The summed E-state index contributed by atoms with van der Waals surface area (Å²) < 4.78 is 5.38. The van der Waals surface area contributed by atoms with Crippen molar-refractivity contribution in [2.45, 2.75) is 12.5 Å². The molecule has 5 nitrogen and oxygen atoms in total. The SMILES string of the molecule is O=C(O)COc1ccc(Cl)cc1[C@H]1NCCc2ncsc21. The third-order valence-corrected chi connectivity index (χ3v) is 4.45. The van der Waals surface area contributed by atoms with Crippen molar-refractivity contribution in [3.05, 3.63) is 44.9 Å². The van der Waals surface area contributed by atoms with Crippen LogP contribution in [0.15, 0.2) is 23.7 Å². The Bertz CT molecular complexity index is 674. The van der Waals surface area contributed by atoms with Crippen molar-refractivity contribution in [3.63, 3.8) is 0 Å². The van der Waals surface area contributed by atoms with Crippen LogP contribution in [0.1, 0.15) is 22.2 Å². The summed E-state index contributed by atoms with van der Waals surface area (Å²) in [5, 5.41) is 12.8. The van der Waals surface area contributed by atoms with Gasteiger partial charge in [-0.15, -0.1) is 11.3 Å². The first-order valence-electron chi connectivity index (χ1n) is 6.45. The summed E-state index contributed by atoms with van der Waals surface area (Å²) in [5.41, 5.74) is 3.74. The van der Waals surface area contributed by atoms with Gasteiger partial charge in [0.2, 0.25) is 0 Å². The van der Waals surface area contributed by atoms with E-state index in [9.17, 15) is 4.79 Å². The molecule has 21 heavy (non-hydrogen) atoms. The smallest absolute Gasteiger partial charge is 0.341 e. The summed E-state index contributed by atoms with van der Waals surface area (Å²) in [6.07, 6.45) is 0.890. The monoisotopic (exact) mass is 324 g/mol. The minimum absolute atomic E-state index is 0.0660. The minimum atomic E-state index is -1.01. The van der Waals surface area contributed by atoms with Crippen LogP contribution in [0.3, 0.4) is 0 Å². The molecule has 0 aliphatic carbocycles. The van der Waals surface area contributed by atoms with E-state index >= 15 is 0 Å². The molecule has 1 atom stereocenters. The number of rotatable bonds is 4. The van der Waals surface area contributed by atoms with Crippen LogP contribution in [0.5, 0.6) is 5.75 Å². The molecule has 2 heterocycles. The number of halogens is 1. The molecule has 0 saturated carbocycles. The van der Waals surface area contributed by atoms with E-state index in [2.05, 4.69) is 10.3 Å². The number of nitrogens with one attached hydrogen (secondary N) is 1. The van der Waals surface area contributed by atoms with Gasteiger partial charge in [0.05, 0.1) is 17.2 Å². The van der Waals surface area contributed by atoms with E-state index < -0.39 is 5.97 Å². The first-order valence-corrected chi connectivity index (χ1v) is 7.70. The Morgan fingerprint density at radius 3 is 3.24 bits per heavy atom. The molecule has 0 unspecified atom stereocenters. The fraction of sp³-hybridized carbons (Fsp3) is 0.286. The number of carbonyl (C=O) groups is 1. The maximum atomic E-state index is 10.7. The zero-order valence-electron chi connectivity index (χ0n) is 11.0. The number of carboxylic acids is 1. The van der Waals surface area contributed by atoms with Crippen molar-refractivity contribution in [1.29, 1.82) is 0 Å². The Balaban J connectivity index is 1.98. The molecule has 0 spiro atoms. The largest absolute Gasteiger partial charge is 0.482 e. The van der Waals surface area contributed by atoms with Gasteiger partial charge in [0.1, 0.15) is 5.75 Å². The summed E-state index contributed by atoms with van der Waals surface area (Å²) in [6.45, 7) is 0.434. The van der Waals surface area contributed by atoms with E-state index in [0.29, 0.717) is 10.8 Å². The third-order valence-electron chi connectivity index (χ3n) is 3.28. The highest BCUT2D eigenvalue weighted by Gasteiger charge is 2.26. The first kappa shape index (κ1) is 14.3. The molecule has 1 aliphatic rings. The van der Waals surface area contributed by atoms with Gasteiger partial charge in [-0.25, -0.2) is 9.78 Å². The molecule has 2 aromatic rings. The highest BCUT2D eigenvalue weighted by molar-refractivity contribution is 7.09. The number of benzene rings is 1. The molecular weight excluding hydrogens is 312 g/mol. The maximum Gasteiger partial charge on any atom is 0.341 e. The number of nitrogens with zero attached hydrogens (tertiary/aromatic N) is 1. The average molecular weight is 325 g/mol. The van der Waals surface area contributed by atoms with Crippen LogP contribution in [0.25, 0.3) is 0 Å². The van der Waals surface area contributed by atoms with Gasteiger partial charge >= 0.3 is 5.97 Å². The van der Waals surface area contributed by atoms with Crippen LogP contribution < -0.4 is 10.1 Å². The number of hydrogen-bond acceptors (Lipinski definition) is 5. The highest BCUT2D eigenvalue weighted by atomic mass is 35.5. The lowest BCUT2D eigenvalue weighted by atomic mass is 9.99. The van der Waals surface area contributed by atoms with Crippen LogP contribution in [0.2, 0.25) is 5.02 Å². The molecule has 2 N–H and O–H groups in total. The van der Waals surface area contributed by atoms with Gasteiger partial charge in [-0.3, -0.25) is 0 Å². The van der Waals surface area contributed by atoms with Crippen molar-refractivity contribution in [2.24, 2.45) is 0 Å². The normalized spacial score (nSPS) is 17.3. The van der Waals surface area contributed by atoms with Crippen LogP contribution in [-0.4, -0.2) is 29.2 Å². The quantitative estimate of drug-likeness (QED) is 0.904. The molecule has 0 bridgehead atoms. The Kier molecular flexibility index (Phi) is 4.10. The highest BCUT2D eigenvalue weighted by Crippen LogP contribution is 2.37. The van der Waals surface area contributed by atoms with Crippen LogP contribution >= 0.6 is 22.9 Å². The predicted molar refractivity (Wildman–Crippen MR) is 80.2 cm³/mol. The summed E-state index contributed by atoms with van der Waals surface area (Å²) in [5.74, 6) is -0.480. The first-order chi connectivity index (χ1) is 10.1. The van der Waals surface area contributed by atoms with Crippen LogP contribution in [-0.2, 0) is 11.2 Å². The second kappa shape index (κ2) is 6.01. The van der Waals surface area contributed by atoms with Crippen molar-refractivity contribution in [1.82, 2.24) is 10.3 Å². The van der Waals surface area contributed by atoms with Crippen molar-refractivity contribution in [2.75, 3.05) is 13.2 Å². The number of ether oxygens (including phenoxy) is 1. The lowest BCUT2D eigenvalue weighted by molar-refractivity contribution is -0.139. The van der Waals surface area contributed by atoms with Crippen LogP contribution in [0.4, 0.5) is 0 Å². The second-order valence-corrected chi connectivity index (χ2v) is 5.99. The van der Waals surface area contributed by atoms with Crippen LogP contribution in [0, 0.1) is 0 Å². The van der Waals surface area contributed by atoms with Gasteiger partial charge in [0.15, 0.2) is 6.61 Å². The summed E-state index contributed by atoms with van der Waals surface area (Å²) in [7, 11) is 0. The molecule has 0 fully saturated rings. The van der Waals surface area contributed by atoms with Crippen molar-refractivity contribution < 1.29 is 14.6 Å². The summed E-state index contributed by atoms with van der Waals surface area (Å²) >= 11 is 7.67. The molecule has 0 radical (unpaired) electrons. The second-order valence-electron chi connectivity index (χ2n) is 4.67. The van der Waals surface area contributed by atoms with E-state index in [4.69, 9.17) is 21.4 Å². The lowest BCUT2D eigenvalue weighted by Gasteiger charge is -2.25. The molecule has 7 heteroatoms. The van der Waals surface area contributed by atoms with Gasteiger partial charge in [-0.05, 0) is 18.2 Å². The van der Waals surface area contributed by atoms with E-state index in [1.165, 1.54) is 0 Å². The zero-order chi connectivity index (χ0) is 14.8. The predicted octanol–water partition coefficient (Wildman–Crippen LogP) is 2.50. The van der Waals surface area contributed by atoms with E-state index in [0.717, 1.165) is 29.1 Å². The zero-order valence-corrected chi connectivity index (χ0v) is 12.6. The molecule has 110 valence electrons. The van der Waals surface area contributed by atoms with E-state index in [1.54, 1.807) is 23.5 Å². The number of carboxylic acid groups (broad SMARTS) is 1. The number of aromatic nitrogens is 1. The van der Waals surface area contributed by atoms with Crippen molar-refractivity contribution >= 4 is 28.9 Å². The molecule has 0 saturated heterocycles. The van der Waals surface area contributed by atoms with Gasteiger partial charge < -0.3 is 15.2 Å². The number of aliphatic carboxylic acids is 1. The fourth-order valence-corrected chi connectivity index (χ4v) is 3.51. The Morgan fingerprint density at radius 2 is 2.43 bits per heavy atom. The molecule has 3 rings (SSSR count). The Hall–Kier alpha value is -1.63. The standard InChI is InChI=1S/C14H13ClN2O3S/c15-8-1-2-11(20-6-12(18)19)9(5-8)13-14-10(3-4-16-13)17-7-21-14/h1-2,5,7,13,16H,3-4,6H2,(H,18,19)/t13-/m1/s1. The number of hydrogen-bond donors (Lipinski definition) is 2. The molecular formula is C14H13ClN2O3S. The molecule has 1 aromatic heterocycles. The molecule has 1 aliphatic heterocycles. The molecule has 1 aromatic carbocycles. The van der Waals surface area contributed by atoms with Gasteiger partial charge in [-0.1, -0.05) is 11.6 Å². The van der Waals surface area contributed by atoms with E-state index in [-0.39, 0.29) is 12.6 Å². The Morgan fingerprint density at radius 1 is 1.57 bits per heavy atom. The van der Waals surface area contributed by atoms with Gasteiger partial charge in [0, 0.05) is 28.4 Å². The van der Waals surface area contributed by atoms with Gasteiger partial charge in [-0.2, -0.15) is 0 Å². The number of thiazole rings is 1. The summed E-state index contributed by atoms with van der Waals surface area (Å²) in [6, 6.07) is 5.14. The average Bonchev–Trinajstić information content (AvgIpc) is 2.94. The lowest BCUT2D eigenvalue weighted by Crippen LogP contribution is -2.30. The molecule has 0 amide bonds. The number of fused-ring (bicyclic) bond motifs is 1.